The van der Waals surface area contributed by atoms with Crippen molar-refractivity contribution in [3.63, 3.8) is 0 Å². The monoisotopic (exact) mass is 223 g/mol. The van der Waals surface area contributed by atoms with Gasteiger partial charge in [0.15, 0.2) is 0 Å². The van der Waals surface area contributed by atoms with Crippen LogP contribution in [0.3, 0.4) is 0 Å². The molecule has 0 bridgehead atoms. The van der Waals surface area contributed by atoms with Crippen LogP contribution in [0.4, 0.5) is 0 Å². The van der Waals surface area contributed by atoms with Crippen molar-refractivity contribution in [3.8, 4) is 0 Å². The maximum atomic E-state index is 10.2. The topological polar surface area (TPSA) is 33.1 Å². The van der Waals surface area contributed by atoms with E-state index in [0.29, 0.717) is 0 Å². The van der Waals surface area contributed by atoms with E-state index in [2.05, 4.69) is 11.1 Å². The number of aliphatic hydroxyl groups is 1. The summed E-state index contributed by atoms with van der Waals surface area (Å²) < 4.78 is 0. The average molecular weight is 223 g/mol. The molecular weight excluding hydrogens is 206 g/mol. The molecule has 1 unspecified atom stereocenters. The maximum absolute atomic E-state index is 10.2. The lowest BCUT2D eigenvalue weighted by molar-refractivity contribution is 0.213. The highest BCUT2D eigenvalue weighted by molar-refractivity contribution is 7.09. The summed E-state index contributed by atoms with van der Waals surface area (Å²) in [6.07, 6.45) is 7.72. The summed E-state index contributed by atoms with van der Waals surface area (Å²) >= 11 is 1.56. The Labute approximate surface area is 94.7 Å². The van der Waals surface area contributed by atoms with Crippen molar-refractivity contribution in [2.45, 2.75) is 45.1 Å². The average Bonchev–Trinajstić information content (AvgIpc) is 2.53. The van der Waals surface area contributed by atoms with Gasteiger partial charge >= 0.3 is 0 Å². The SMILES string of the molecule is Cc1ncsc1C(O)C1=CCCCCC1. The minimum absolute atomic E-state index is 0.407. The van der Waals surface area contributed by atoms with Crippen LogP contribution in [-0.2, 0) is 0 Å². The number of thiazole rings is 1. The third-order valence-electron chi connectivity index (χ3n) is 2.96. The van der Waals surface area contributed by atoms with E-state index in [1.165, 1.54) is 24.8 Å². The van der Waals surface area contributed by atoms with Crippen LogP contribution >= 0.6 is 11.3 Å². The fourth-order valence-electron chi connectivity index (χ4n) is 2.03. The van der Waals surface area contributed by atoms with Crippen molar-refractivity contribution in [1.82, 2.24) is 4.98 Å². The molecule has 3 heteroatoms. The van der Waals surface area contributed by atoms with Crippen LogP contribution < -0.4 is 0 Å². The Bertz CT molecular complexity index is 356. The number of allylic oxidation sites excluding steroid dienone is 1. The number of rotatable bonds is 2. The van der Waals surface area contributed by atoms with Crippen molar-refractivity contribution in [1.29, 1.82) is 0 Å². The van der Waals surface area contributed by atoms with Gasteiger partial charge in [0.1, 0.15) is 6.10 Å². The van der Waals surface area contributed by atoms with Crippen LogP contribution in [0.15, 0.2) is 17.2 Å². The molecule has 0 spiro atoms. The molecule has 0 aliphatic heterocycles. The number of aliphatic hydroxyl groups excluding tert-OH is 1. The molecule has 2 rings (SSSR count). The first-order valence-corrected chi connectivity index (χ1v) is 6.44. The standard InChI is InChI=1S/C12H17NOS/c1-9-12(15-8-13-9)11(14)10-6-4-2-3-5-7-10/h6,8,11,14H,2-5,7H2,1H3. The first kappa shape index (κ1) is 10.8. The molecular formula is C12H17NOS. The third-order valence-corrected chi connectivity index (χ3v) is 3.94. The summed E-state index contributed by atoms with van der Waals surface area (Å²) in [6, 6.07) is 0. The second kappa shape index (κ2) is 4.90. The molecule has 1 aromatic heterocycles. The van der Waals surface area contributed by atoms with E-state index in [9.17, 15) is 5.11 Å². The van der Waals surface area contributed by atoms with E-state index in [1.807, 2.05) is 12.4 Å². The van der Waals surface area contributed by atoms with Crippen LogP contribution in [0.2, 0.25) is 0 Å². The van der Waals surface area contributed by atoms with E-state index in [-0.39, 0.29) is 0 Å². The molecule has 1 N–H and O–H groups in total. The van der Waals surface area contributed by atoms with Gasteiger partial charge in [-0.2, -0.15) is 0 Å². The van der Waals surface area contributed by atoms with Crippen molar-refractivity contribution in [2.75, 3.05) is 0 Å². The van der Waals surface area contributed by atoms with Gasteiger partial charge in [-0.05, 0) is 38.2 Å². The summed E-state index contributed by atoms with van der Waals surface area (Å²) in [6.45, 7) is 1.96. The van der Waals surface area contributed by atoms with Crippen LogP contribution in [0, 0.1) is 6.92 Å². The van der Waals surface area contributed by atoms with Gasteiger partial charge in [-0.1, -0.05) is 12.5 Å². The summed E-state index contributed by atoms with van der Waals surface area (Å²) in [5.74, 6) is 0. The molecule has 15 heavy (non-hydrogen) atoms. The van der Waals surface area contributed by atoms with E-state index in [1.54, 1.807) is 11.3 Å². The quantitative estimate of drug-likeness (QED) is 0.780. The number of hydrogen-bond donors (Lipinski definition) is 1. The summed E-state index contributed by atoms with van der Waals surface area (Å²) in [5.41, 5.74) is 3.98. The maximum Gasteiger partial charge on any atom is 0.111 e. The molecule has 1 aliphatic carbocycles. The molecule has 0 aromatic carbocycles. The van der Waals surface area contributed by atoms with E-state index >= 15 is 0 Å². The summed E-state index contributed by atoms with van der Waals surface area (Å²) in [7, 11) is 0. The minimum atomic E-state index is -0.407. The van der Waals surface area contributed by atoms with Crippen molar-refractivity contribution < 1.29 is 5.11 Å². The first-order chi connectivity index (χ1) is 7.29. The lowest BCUT2D eigenvalue weighted by Gasteiger charge is -2.12. The molecule has 82 valence electrons. The Morgan fingerprint density at radius 3 is 3.00 bits per heavy atom. The fourth-order valence-corrected chi connectivity index (χ4v) is 2.86. The Morgan fingerprint density at radius 1 is 1.40 bits per heavy atom. The van der Waals surface area contributed by atoms with Gasteiger partial charge in [0, 0.05) is 0 Å². The summed E-state index contributed by atoms with van der Waals surface area (Å²) in [5, 5.41) is 10.2. The van der Waals surface area contributed by atoms with Crippen molar-refractivity contribution >= 4 is 11.3 Å². The predicted octanol–water partition coefficient (Wildman–Crippen LogP) is 3.38. The Kier molecular flexibility index (Phi) is 3.54. The second-order valence-corrected chi connectivity index (χ2v) is 4.97. The third kappa shape index (κ3) is 2.47. The predicted molar refractivity (Wildman–Crippen MR) is 63.0 cm³/mol. The molecule has 0 saturated heterocycles. The highest BCUT2D eigenvalue weighted by Crippen LogP contribution is 2.32. The molecule has 0 radical (unpaired) electrons. The molecule has 1 atom stereocenters. The zero-order valence-corrected chi connectivity index (χ0v) is 9.89. The van der Waals surface area contributed by atoms with Gasteiger partial charge in [0.2, 0.25) is 0 Å². The van der Waals surface area contributed by atoms with Gasteiger partial charge in [-0.15, -0.1) is 11.3 Å². The number of nitrogens with zero attached hydrogens (tertiary/aromatic N) is 1. The molecule has 1 heterocycles. The van der Waals surface area contributed by atoms with Crippen molar-refractivity contribution in [2.24, 2.45) is 0 Å². The van der Waals surface area contributed by atoms with Gasteiger partial charge in [0.05, 0.1) is 16.1 Å². The van der Waals surface area contributed by atoms with E-state index < -0.39 is 6.10 Å². The molecule has 0 amide bonds. The lowest BCUT2D eigenvalue weighted by atomic mass is 10.0. The van der Waals surface area contributed by atoms with Gasteiger partial charge in [0.25, 0.3) is 0 Å². The zero-order valence-electron chi connectivity index (χ0n) is 9.07. The number of aryl methyl sites for hydroxylation is 1. The Morgan fingerprint density at radius 2 is 2.27 bits per heavy atom. The fraction of sp³-hybridized carbons (Fsp3) is 0.583. The van der Waals surface area contributed by atoms with Gasteiger partial charge < -0.3 is 5.11 Å². The first-order valence-electron chi connectivity index (χ1n) is 5.56. The molecule has 1 aliphatic rings. The zero-order chi connectivity index (χ0) is 10.7. The smallest absolute Gasteiger partial charge is 0.111 e. The van der Waals surface area contributed by atoms with E-state index in [0.717, 1.165) is 23.4 Å². The van der Waals surface area contributed by atoms with Gasteiger partial charge in [-0.25, -0.2) is 4.98 Å². The highest BCUT2D eigenvalue weighted by Gasteiger charge is 2.18. The number of hydrogen-bond acceptors (Lipinski definition) is 3. The minimum Gasteiger partial charge on any atom is -0.383 e. The Balaban J connectivity index is 2.16. The molecule has 0 fully saturated rings. The normalized spacial score (nSPS) is 19.5. The summed E-state index contributed by atoms with van der Waals surface area (Å²) in [4.78, 5) is 5.20. The molecule has 1 aromatic rings. The molecule has 0 saturated carbocycles. The van der Waals surface area contributed by atoms with Crippen LogP contribution in [0.25, 0.3) is 0 Å². The van der Waals surface area contributed by atoms with Crippen LogP contribution in [0.5, 0.6) is 0 Å². The van der Waals surface area contributed by atoms with Crippen LogP contribution in [0.1, 0.15) is 48.8 Å². The van der Waals surface area contributed by atoms with E-state index in [4.69, 9.17) is 0 Å². The lowest BCUT2D eigenvalue weighted by Crippen LogP contribution is -2.01. The van der Waals surface area contributed by atoms with Crippen molar-refractivity contribution in [3.05, 3.63) is 27.7 Å². The van der Waals surface area contributed by atoms with Crippen LogP contribution in [-0.4, -0.2) is 10.1 Å². The number of aromatic nitrogens is 1. The highest BCUT2D eigenvalue weighted by atomic mass is 32.1. The Hall–Kier alpha value is -0.670. The molecule has 2 nitrogen and oxygen atoms in total. The second-order valence-electron chi connectivity index (χ2n) is 4.08. The largest absolute Gasteiger partial charge is 0.383 e. The van der Waals surface area contributed by atoms with Gasteiger partial charge in [-0.3, -0.25) is 0 Å².